The number of hydrogen-bond donors (Lipinski definition) is 2. The van der Waals surface area contributed by atoms with Gasteiger partial charge in [-0.2, -0.15) is 0 Å². The van der Waals surface area contributed by atoms with Crippen molar-refractivity contribution in [3.8, 4) is 0 Å². The lowest BCUT2D eigenvalue weighted by Gasteiger charge is -2.37. The van der Waals surface area contributed by atoms with Gasteiger partial charge in [0, 0.05) is 45.0 Å². The molecule has 0 bridgehead atoms. The zero-order chi connectivity index (χ0) is 21.7. The van der Waals surface area contributed by atoms with Crippen LogP contribution in [0.4, 0.5) is 5.69 Å². The minimum absolute atomic E-state index is 0.0938. The first-order chi connectivity index (χ1) is 14.4. The average Bonchev–Trinajstić information content (AvgIpc) is 2.72. The van der Waals surface area contributed by atoms with Crippen molar-refractivity contribution in [3.63, 3.8) is 0 Å². The summed E-state index contributed by atoms with van der Waals surface area (Å²) in [5, 5.41) is 5.57. The van der Waals surface area contributed by atoms with Crippen molar-refractivity contribution in [2.45, 2.75) is 26.3 Å². The lowest BCUT2D eigenvalue weighted by Crippen LogP contribution is -2.60. The van der Waals surface area contributed by atoms with E-state index in [1.165, 1.54) is 4.90 Å². The van der Waals surface area contributed by atoms with E-state index in [9.17, 15) is 19.2 Å². The van der Waals surface area contributed by atoms with E-state index >= 15 is 0 Å². The Labute approximate surface area is 176 Å². The Hall–Kier alpha value is -2.94. The third kappa shape index (κ3) is 5.35. The molecule has 1 atom stereocenters. The molecule has 0 radical (unpaired) electrons. The molecule has 3 rings (SSSR count). The number of nitrogens with one attached hydrogen (secondary N) is 2. The fraction of sp³-hybridized carbons (Fsp3) is 0.524. The Morgan fingerprint density at radius 1 is 1.13 bits per heavy atom. The number of carbonyl (C=O) groups excluding carboxylic acids is 4. The first-order valence-electron chi connectivity index (χ1n) is 10.2. The summed E-state index contributed by atoms with van der Waals surface area (Å²) >= 11 is 0. The van der Waals surface area contributed by atoms with Crippen molar-refractivity contribution in [3.05, 3.63) is 29.3 Å². The maximum Gasteiger partial charge on any atom is 0.243 e. The second-order valence-electron chi connectivity index (χ2n) is 7.86. The van der Waals surface area contributed by atoms with Crippen LogP contribution in [0.15, 0.2) is 18.2 Å². The van der Waals surface area contributed by atoms with Gasteiger partial charge < -0.3 is 20.4 Å². The molecule has 2 N–H and O–H groups in total. The van der Waals surface area contributed by atoms with Gasteiger partial charge in [0.2, 0.25) is 24.1 Å². The first-order valence-corrected chi connectivity index (χ1v) is 10.2. The number of aryl methyl sites for hydroxylation is 2. The van der Waals surface area contributed by atoms with Crippen molar-refractivity contribution < 1.29 is 19.2 Å². The summed E-state index contributed by atoms with van der Waals surface area (Å²) in [5.74, 6) is -0.790. The van der Waals surface area contributed by atoms with E-state index in [0.717, 1.165) is 17.5 Å². The maximum absolute atomic E-state index is 12.9. The van der Waals surface area contributed by atoms with Crippen molar-refractivity contribution in [1.82, 2.24) is 20.0 Å². The van der Waals surface area contributed by atoms with Gasteiger partial charge in [0.1, 0.15) is 6.04 Å². The van der Waals surface area contributed by atoms with Crippen LogP contribution in [-0.2, 0) is 19.2 Å². The van der Waals surface area contributed by atoms with Gasteiger partial charge in [0.15, 0.2) is 0 Å². The Morgan fingerprint density at radius 2 is 1.87 bits per heavy atom. The summed E-state index contributed by atoms with van der Waals surface area (Å²) < 4.78 is 0. The maximum atomic E-state index is 12.9. The highest BCUT2D eigenvalue weighted by atomic mass is 16.2. The molecule has 0 aromatic heterocycles. The second-order valence-corrected chi connectivity index (χ2v) is 7.86. The fourth-order valence-corrected chi connectivity index (χ4v) is 3.73. The van der Waals surface area contributed by atoms with Gasteiger partial charge in [-0.05, 0) is 37.1 Å². The number of nitrogens with zero attached hydrogens (tertiary/aromatic N) is 3. The van der Waals surface area contributed by atoms with Crippen molar-refractivity contribution in [1.29, 1.82) is 0 Å². The number of benzene rings is 1. The first kappa shape index (κ1) is 21.8. The van der Waals surface area contributed by atoms with E-state index in [1.807, 2.05) is 36.9 Å². The van der Waals surface area contributed by atoms with Crippen LogP contribution < -0.4 is 10.6 Å². The molecule has 1 aromatic carbocycles. The number of piperazine rings is 2. The number of rotatable bonds is 6. The van der Waals surface area contributed by atoms with Crippen molar-refractivity contribution in [2.24, 2.45) is 0 Å². The molecule has 0 spiro atoms. The van der Waals surface area contributed by atoms with E-state index in [1.54, 1.807) is 4.90 Å². The zero-order valence-corrected chi connectivity index (χ0v) is 17.5. The van der Waals surface area contributed by atoms with Gasteiger partial charge in [0.05, 0.1) is 13.0 Å². The standard InChI is InChI=1S/C21H29N5O4/c1-15-3-4-17(11-16(15)2)23-19(28)12-18-21(30)22-5-6-26(18)20(29)13-24-7-9-25(14-27)10-8-24/h3-4,11,14,18H,5-10,12-13H2,1-2H3,(H,22,30)(H,23,28). The summed E-state index contributed by atoms with van der Waals surface area (Å²) in [5.41, 5.74) is 2.87. The number of carbonyl (C=O) groups is 4. The quantitative estimate of drug-likeness (QED) is 0.623. The third-order valence-electron chi connectivity index (χ3n) is 5.74. The lowest BCUT2D eigenvalue weighted by molar-refractivity contribution is -0.145. The Balaban J connectivity index is 1.60. The summed E-state index contributed by atoms with van der Waals surface area (Å²) in [6.07, 6.45) is 0.724. The molecule has 2 aliphatic heterocycles. The van der Waals surface area contributed by atoms with Gasteiger partial charge in [-0.3, -0.25) is 24.1 Å². The molecule has 2 aliphatic rings. The van der Waals surface area contributed by atoms with E-state index in [0.29, 0.717) is 45.0 Å². The summed E-state index contributed by atoms with van der Waals surface area (Å²) in [6.45, 7) is 7.28. The molecule has 30 heavy (non-hydrogen) atoms. The molecule has 0 saturated carbocycles. The van der Waals surface area contributed by atoms with Crippen LogP contribution >= 0.6 is 0 Å². The topological polar surface area (TPSA) is 102 Å². The monoisotopic (exact) mass is 415 g/mol. The highest BCUT2D eigenvalue weighted by Crippen LogP contribution is 2.16. The summed E-state index contributed by atoms with van der Waals surface area (Å²) in [6, 6.07) is 4.81. The molecule has 1 unspecified atom stereocenters. The van der Waals surface area contributed by atoms with Crippen LogP contribution in [0.25, 0.3) is 0 Å². The highest BCUT2D eigenvalue weighted by molar-refractivity contribution is 5.97. The molecule has 2 heterocycles. The Kier molecular flexibility index (Phi) is 7.04. The van der Waals surface area contributed by atoms with Crippen LogP contribution in [0.1, 0.15) is 17.5 Å². The predicted octanol–water partition coefficient (Wildman–Crippen LogP) is -0.267. The zero-order valence-electron chi connectivity index (χ0n) is 17.5. The van der Waals surface area contributed by atoms with Crippen LogP contribution in [0.5, 0.6) is 0 Å². The smallest absolute Gasteiger partial charge is 0.243 e. The molecule has 2 fully saturated rings. The van der Waals surface area contributed by atoms with Crippen molar-refractivity contribution in [2.75, 3.05) is 51.1 Å². The van der Waals surface area contributed by atoms with Gasteiger partial charge >= 0.3 is 0 Å². The lowest BCUT2D eigenvalue weighted by atomic mass is 10.1. The van der Waals surface area contributed by atoms with Gasteiger partial charge in [-0.25, -0.2) is 0 Å². The largest absolute Gasteiger partial charge is 0.353 e. The second kappa shape index (κ2) is 9.71. The SMILES string of the molecule is Cc1ccc(NC(=O)CC2C(=O)NCCN2C(=O)CN2CCN(C=O)CC2)cc1C. The minimum Gasteiger partial charge on any atom is -0.353 e. The number of hydrogen-bond acceptors (Lipinski definition) is 5. The molecule has 4 amide bonds. The van der Waals surface area contributed by atoms with E-state index in [4.69, 9.17) is 0 Å². The highest BCUT2D eigenvalue weighted by Gasteiger charge is 2.35. The molecule has 2 saturated heterocycles. The van der Waals surface area contributed by atoms with Crippen LogP contribution in [0.3, 0.4) is 0 Å². The molecule has 9 nitrogen and oxygen atoms in total. The van der Waals surface area contributed by atoms with Gasteiger partial charge in [-0.15, -0.1) is 0 Å². The van der Waals surface area contributed by atoms with E-state index in [-0.39, 0.29) is 30.7 Å². The predicted molar refractivity (Wildman–Crippen MR) is 112 cm³/mol. The Morgan fingerprint density at radius 3 is 2.53 bits per heavy atom. The van der Waals surface area contributed by atoms with Gasteiger partial charge in [0.25, 0.3) is 0 Å². The average molecular weight is 415 g/mol. The molecule has 0 aliphatic carbocycles. The summed E-state index contributed by atoms with van der Waals surface area (Å²) in [7, 11) is 0. The van der Waals surface area contributed by atoms with Gasteiger partial charge in [-0.1, -0.05) is 6.07 Å². The number of amides is 4. The van der Waals surface area contributed by atoms with Crippen molar-refractivity contribution >= 4 is 29.8 Å². The van der Waals surface area contributed by atoms with Crippen LogP contribution in [-0.4, -0.2) is 90.7 Å². The van der Waals surface area contributed by atoms with Crippen LogP contribution in [0.2, 0.25) is 0 Å². The number of anilines is 1. The minimum atomic E-state index is -0.825. The molecular weight excluding hydrogens is 386 g/mol. The Bertz CT molecular complexity index is 820. The normalized spacial score (nSPS) is 19.9. The van der Waals surface area contributed by atoms with Crippen LogP contribution in [0, 0.1) is 13.8 Å². The molecule has 9 heteroatoms. The summed E-state index contributed by atoms with van der Waals surface area (Å²) in [4.78, 5) is 53.9. The van der Waals surface area contributed by atoms with E-state index in [2.05, 4.69) is 10.6 Å². The third-order valence-corrected chi connectivity index (χ3v) is 5.74. The molecular formula is C21H29N5O4. The molecule has 1 aromatic rings. The fourth-order valence-electron chi connectivity index (χ4n) is 3.73. The van der Waals surface area contributed by atoms with E-state index < -0.39 is 6.04 Å². The molecule has 162 valence electrons.